The molecule has 0 amide bonds. The molecule has 0 aromatic rings. The lowest BCUT2D eigenvalue weighted by atomic mass is 9.54. The number of fused-ring (bicyclic) bond motifs is 4. The van der Waals surface area contributed by atoms with Gasteiger partial charge in [0.1, 0.15) is 0 Å². The van der Waals surface area contributed by atoms with Crippen LogP contribution in [0.5, 0.6) is 0 Å². The first-order chi connectivity index (χ1) is 14.1. The van der Waals surface area contributed by atoms with Crippen LogP contribution in [0.1, 0.15) is 80.1 Å². The fourth-order valence-electron chi connectivity index (χ4n) is 6.64. The number of aliphatic hydroxyl groups excluding tert-OH is 1. The Morgan fingerprint density at radius 3 is 2.57 bits per heavy atom. The molecule has 30 heavy (non-hydrogen) atoms. The standard InChI is InChI=1S/C28H40O2/c1-17(2)18(3)7-8-19(4)22-9-10-23-26-24(12-14-28(22,23)6)27(5)13-11-21(29)15-20(27)16-25(26)30/h7-8,10,16-19,21-22,29H,9,11-15H2,1-6H3/b8-7+/t18-,19+,21-,22+,27-,28+/m0/s1. The highest BCUT2D eigenvalue weighted by Gasteiger charge is 2.52. The molecule has 0 heterocycles. The highest BCUT2D eigenvalue weighted by atomic mass is 16.3. The van der Waals surface area contributed by atoms with Crippen LogP contribution in [-0.4, -0.2) is 17.0 Å². The lowest BCUT2D eigenvalue weighted by Crippen LogP contribution is -2.41. The molecule has 1 fully saturated rings. The molecule has 0 spiro atoms. The smallest absolute Gasteiger partial charge is 0.186 e. The fraction of sp³-hybridized carbons (Fsp3) is 0.679. The van der Waals surface area contributed by atoms with Gasteiger partial charge in [-0.3, -0.25) is 4.79 Å². The summed E-state index contributed by atoms with van der Waals surface area (Å²) in [4.78, 5) is 13.3. The summed E-state index contributed by atoms with van der Waals surface area (Å²) in [6.07, 6.45) is 14.5. The Morgan fingerprint density at radius 2 is 1.87 bits per heavy atom. The fourth-order valence-corrected chi connectivity index (χ4v) is 6.64. The van der Waals surface area contributed by atoms with Crippen molar-refractivity contribution >= 4 is 5.78 Å². The van der Waals surface area contributed by atoms with E-state index in [1.807, 2.05) is 6.08 Å². The SMILES string of the molecule is CC(C)[C@@H](C)/C=C/[C@@H](C)[C@H]1CC=C2C3=C(CC[C@@]21C)[C@@]1(C)CC[C@H](O)CC1=CC3=O. The van der Waals surface area contributed by atoms with Crippen LogP contribution in [0, 0.1) is 34.5 Å². The highest BCUT2D eigenvalue weighted by molar-refractivity contribution is 6.10. The van der Waals surface area contributed by atoms with Crippen molar-refractivity contribution in [3.8, 4) is 0 Å². The number of aliphatic hydroxyl groups is 1. The van der Waals surface area contributed by atoms with Gasteiger partial charge in [0.15, 0.2) is 5.78 Å². The summed E-state index contributed by atoms with van der Waals surface area (Å²) < 4.78 is 0. The maximum Gasteiger partial charge on any atom is 0.186 e. The Bertz CT molecular complexity index is 854. The Kier molecular flexibility index (Phi) is 5.54. The molecule has 0 aliphatic heterocycles. The third-order valence-electron chi connectivity index (χ3n) is 9.24. The molecular formula is C28H40O2. The van der Waals surface area contributed by atoms with Crippen molar-refractivity contribution in [1.82, 2.24) is 0 Å². The van der Waals surface area contributed by atoms with E-state index in [4.69, 9.17) is 0 Å². The molecule has 0 unspecified atom stereocenters. The molecule has 2 heteroatoms. The summed E-state index contributed by atoms with van der Waals surface area (Å²) in [5, 5.41) is 10.2. The van der Waals surface area contributed by atoms with E-state index in [1.54, 1.807) is 0 Å². The second kappa shape index (κ2) is 7.62. The number of hydrogen-bond acceptors (Lipinski definition) is 2. The monoisotopic (exact) mass is 408 g/mol. The molecule has 1 saturated carbocycles. The molecule has 6 atom stereocenters. The molecule has 4 aliphatic carbocycles. The van der Waals surface area contributed by atoms with E-state index in [-0.39, 0.29) is 22.7 Å². The van der Waals surface area contributed by atoms with Gasteiger partial charge >= 0.3 is 0 Å². The summed E-state index contributed by atoms with van der Waals surface area (Å²) in [5.74, 6) is 2.54. The van der Waals surface area contributed by atoms with Crippen molar-refractivity contribution in [2.45, 2.75) is 86.2 Å². The zero-order chi connectivity index (χ0) is 21.8. The van der Waals surface area contributed by atoms with Crippen molar-refractivity contribution in [2.75, 3.05) is 0 Å². The van der Waals surface area contributed by atoms with Crippen LogP contribution >= 0.6 is 0 Å². The molecular weight excluding hydrogens is 368 g/mol. The van der Waals surface area contributed by atoms with Crippen LogP contribution in [0.4, 0.5) is 0 Å². The predicted molar refractivity (Wildman–Crippen MR) is 124 cm³/mol. The van der Waals surface area contributed by atoms with Gasteiger partial charge in [0.2, 0.25) is 0 Å². The number of hydrogen-bond donors (Lipinski definition) is 1. The minimum absolute atomic E-state index is 0.0268. The third-order valence-corrected chi connectivity index (χ3v) is 9.24. The van der Waals surface area contributed by atoms with Gasteiger partial charge < -0.3 is 5.11 Å². The van der Waals surface area contributed by atoms with Gasteiger partial charge in [0.05, 0.1) is 6.10 Å². The topological polar surface area (TPSA) is 37.3 Å². The quantitative estimate of drug-likeness (QED) is 0.534. The van der Waals surface area contributed by atoms with Gasteiger partial charge in [-0.05, 0) is 84.8 Å². The predicted octanol–water partition coefficient (Wildman–Crippen LogP) is 6.57. The average Bonchev–Trinajstić information content (AvgIpc) is 3.04. The Balaban J connectivity index is 1.64. The van der Waals surface area contributed by atoms with Gasteiger partial charge in [-0.2, -0.15) is 0 Å². The number of ketones is 1. The average molecular weight is 409 g/mol. The first-order valence-corrected chi connectivity index (χ1v) is 12.1. The van der Waals surface area contributed by atoms with Crippen LogP contribution in [0.25, 0.3) is 0 Å². The van der Waals surface area contributed by atoms with Crippen LogP contribution in [0.2, 0.25) is 0 Å². The van der Waals surface area contributed by atoms with Gasteiger partial charge in [-0.25, -0.2) is 0 Å². The first-order valence-electron chi connectivity index (χ1n) is 12.1. The Labute approximate surface area is 183 Å². The van der Waals surface area contributed by atoms with Gasteiger partial charge in [0, 0.05) is 11.0 Å². The van der Waals surface area contributed by atoms with Gasteiger partial charge in [-0.1, -0.05) is 65.3 Å². The van der Waals surface area contributed by atoms with Crippen molar-refractivity contribution in [1.29, 1.82) is 0 Å². The van der Waals surface area contributed by atoms with E-state index < -0.39 is 0 Å². The largest absolute Gasteiger partial charge is 0.393 e. The molecule has 164 valence electrons. The second-order valence-corrected chi connectivity index (χ2v) is 11.3. The third kappa shape index (κ3) is 3.30. The summed E-state index contributed by atoms with van der Waals surface area (Å²) in [7, 11) is 0. The molecule has 2 nitrogen and oxygen atoms in total. The number of carbonyl (C=O) groups is 1. The van der Waals surface area contributed by atoms with E-state index in [0.717, 1.165) is 37.7 Å². The Hall–Kier alpha value is -1.41. The van der Waals surface area contributed by atoms with E-state index in [9.17, 15) is 9.90 Å². The minimum Gasteiger partial charge on any atom is -0.393 e. The zero-order valence-corrected chi connectivity index (χ0v) is 19.8. The lowest BCUT2D eigenvalue weighted by molar-refractivity contribution is -0.111. The highest BCUT2D eigenvalue weighted by Crippen LogP contribution is 2.62. The molecule has 4 rings (SSSR count). The number of allylic oxidation sites excluding steroid dienone is 7. The summed E-state index contributed by atoms with van der Waals surface area (Å²) >= 11 is 0. The second-order valence-electron chi connectivity index (χ2n) is 11.3. The van der Waals surface area contributed by atoms with Crippen molar-refractivity contribution in [2.24, 2.45) is 34.5 Å². The molecule has 0 bridgehead atoms. The maximum absolute atomic E-state index is 13.3. The molecule has 4 aliphatic rings. The molecule has 0 saturated heterocycles. The summed E-state index contributed by atoms with van der Waals surface area (Å²) in [5.41, 5.74) is 4.98. The van der Waals surface area contributed by atoms with Crippen LogP contribution < -0.4 is 0 Å². The van der Waals surface area contributed by atoms with Crippen molar-refractivity contribution in [3.05, 3.63) is 46.6 Å². The normalized spacial score (nSPS) is 38.2. The van der Waals surface area contributed by atoms with Gasteiger partial charge in [-0.15, -0.1) is 0 Å². The first kappa shape index (κ1) is 21.8. The van der Waals surface area contributed by atoms with Crippen LogP contribution in [0.15, 0.2) is 46.6 Å². The molecule has 0 aromatic heterocycles. The van der Waals surface area contributed by atoms with E-state index in [1.165, 1.54) is 16.7 Å². The van der Waals surface area contributed by atoms with Crippen molar-refractivity contribution < 1.29 is 9.90 Å². The molecule has 1 N–H and O–H groups in total. The van der Waals surface area contributed by atoms with E-state index >= 15 is 0 Å². The molecule has 0 aromatic carbocycles. The van der Waals surface area contributed by atoms with Gasteiger partial charge in [0.25, 0.3) is 0 Å². The minimum atomic E-state index is -0.288. The Morgan fingerprint density at radius 1 is 1.13 bits per heavy atom. The zero-order valence-electron chi connectivity index (χ0n) is 19.8. The summed E-state index contributed by atoms with van der Waals surface area (Å²) in [6, 6.07) is 0. The molecule has 0 radical (unpaired) electrons. The van der Waals surface area contributed by atoms with E-state index in [2.05, 4.69) is 59.8 Å². The number of carbonyl (C=O) groups excluding carboxylic acids is 1. The van der Waals surface area contributed by atoms with E-state index in [0.29, 0.717) is 30.1 Å². The van der Waals surface area contributed by atoms with Crippen molar-refractivity contribution in [3.63, 3.8) is 0 Å². The number of rotatable bonds is 4. The lowest BCUT2D eigenvalue weighted by Gasteiger charge is -2.49. The van der Waals surface area contributed by atoms with Crippen LogP contribution in [-0.2, 0) is 4.79 Å². The summed E-state index contributed by atoms with van der Waals surface area (Å²) in [6.45, 7) is 14.0. The van der Waals surface area contributed by atoms with Crippen LogP contribution in [0.3, 0.4) is 0 Å². The maximum atomic E-state index is 13.3.